The summed E-state index contributed by atoms with van der Waals surface area (Å²) in [5.74, 6) is -0.413. The van der Waals surface area contributed by atoms with Gasteiger partial charge in [0, 0.05) is 19.6 Å². The van der Waals surface area contributed by atoms with Gasteiger partial charge >= 0.3 is 5.69 Å². The lowest BCUT2D eigenvalue weighted by Gasteiger charge is -2.30. The van der Waals surface area contributed by atoms with E-state index < -0.39 is 36.1 Å². The largest absolute Gasteiger partial charge is 0.390 e. The predicted octanol–water partition coefficient (Wildman–Crippen LogP) is 3.65. The van der Waals surface area contributed by atoms with Crippen LogP contribution in [0, 0.1) is 5.82 Å². The highest BCUT2D eigenvalue weighted by Crippen LogP contribution is 2.23. The second kappa shape index (κ2) is 10.4. The van der Waals surface area contributed by atoms with E-state index in [-0.39, 0.29) is 24.0 Å². The molecule has 0 amide bonds. The van der Waals surface area contributed by atoms with Crippen molar-refractivity contribution < 1.29 is 18.3 Å². The molecule has 0 spiro atoms. The first-order valence-corrected chi connectivity index (χ1v) is 12.1. The fraction of sp³-hybridized carbons (Fsp3) is 0.286. The van der Waals surface area contributed by atoms with Gasteiger partial charge in [-0.3, -0.25) is 18.8 Å². The van der Waals surface area contributed by atoms with Gasteiger partial charge in [-0.1, -0.05) is 42.5 Å². The van der Waals surface area contributed by atoms with Gasteiger partial charge in [0.1, 0.15) is 5.82 Å². The van der Waals surface area contributed by atoms with E-state index in [0.717, 1.165) is 27.7 Å². The van der Waals surface area contributed by atoms with Gasteiger partial charge in [0.2, 0.25) is 0 Å². The Morgan fingerprint density at radius 1 is 0.838 bits per heavy atom. The average Bonchev–Trinajstić information content (AvgIpc) is 2.89. The maximum atomic E-state index is 13.4. The van der Waals surface area contributed by atoms with E-state index in [1.54, 1.807) is 18.2 Å². The Balaban J connectivity index is 1.48. The SMILES string of the molecule is O=c1c2cc(-c3ccc(F)cc3)ccc2n(CC(F)F)c(=O)n1CC(O)CN1CCc2ccccc2C1. The molecule has 1 unspecified atom stereocenters. The number of fused-ring (bicyclic) bond motifs is 2. The van der Waals surface area contributed by atoms with E-state index in [1.165, 1.54) is 29.8 Å². The molecule has 0 bridgehead atoms. The molecular weight excluding hydrogens is 483 g/mol. The Morgan fingerprint density at radius 3 is 2.27 bits per heavy atom. The Labute approximate surface area is 210 Å². The number of hydrogen-bond donors (Lipinski definition) is 1. The van der Waals surface area contributed by atoms with Crippen LogP contribution in [0.1, 0.15) is 11.1 Å². The van der Waals surface area contributed by atoms with E-state index >= 15 is 0 Å². The van der Waals surface area contributed by atoms with E-state index in [0.29, 0.717) is 17.7 Å². The molecule has 3 aromatic carbocycles. The number of alkyl halides is 2. The highest BCUT2D eigenvalue weighted by Gasteiger charge is 2.22. The number of benzene rings is 3. The molecular formula is C28H26F3N3O3. The zero-order valence-electron chi connectivity index (χ0n) is 20.0. The van der Waals surface area contributed by atoms with Crippen molar-refractivity contribution in [3.8, 4) is 11.1 Å². The Bertz CT molecular complexity index is 1550. The van der Waals surface area contributed by atoms with Crippen molar-refractivity contribution in [2.75, 3.05) is 13.1 Å². The van der Waals surface area contributed by atoms with Crippen LogP contribution in [0.5, 0.6) is 0 Å². The molecule has 9 heteroatoms. The Morgan fingerprint density at radius 2 is 1.54 bits per heavy atom. The molecule has 6 nitrogen and oxygen atoms in total. The molecule has 0 aliphatic carbocycles. The van der Waals surface area contributed by atoms with Crippen LogP contribution in [0.25, 0.3) is 22.0 Å². The summed E-state index contributed by atoms with van der Waals surface area (Å²) in [7, 11) is 0. The van der Waals surface area contributed by atoms with Crippen molar-refractivity contribution in [1.82, 2.24) is 14.0 Å². The number of halogens is 3. The summed E-state index contributed by atoms with van der Waals surface area (Å²) in [6, 6.07) is 18.3. The van der Waals surface area contributed by atoms with Crippen LogP contribution in [-0.4, -0.2) is 44.8 Å². The van der Waals surface area contributed by atoms with E-state index in [1.807, 2.05) is 23.1 Å². The fourth-order valence-corrected chi connectivity index (χ4v) is 5.00. The molecule has 1 atom stereocenters. The Kier molecular flexibility index (Phi) is 6.99. The van der Waals surface area contributed by atoms with Crippen LogP contribution < -0.4 is 11.2 Å². The second-order valence-electron chi connectivity index (χ2n) is 9.35. The summed E-state index contributed by atoms with van der Waals surface area (Å²) in [5, 5.41) is 10.9. The van der Waals surface area contributed by atoms with Crippen LogP contribution in [-0.2, 0) is 26.1 Å². The molecule has 1 aliphatic rings. The monoisotopic (exact) mass is 509 g/mol. The molecule has 5 rings (SSSR count). The molecule has 1 aliphatic heterocycles. The lowest BCUT2D eigenvalue weighted by Crippen LogP contribution is -2.45. The second-order valence-corrected chi connectivity index (χ2v) is 9.35. The van der Waals surface area contributed by atoms with Gasteiger partial charge in [-0.15, -0.1) is 0 Å². The highest BCUT2D eigenvalue weighted by atomic mass is 19.3. The Hall–Kier alpha value is -3.69. The van der Waals surface area contributed by atoms with Crippen molar-refractivity contribution in [2.45, 2.75) is 38.6 Å². The molecule has 0 saturated carbocycles. The number of aliphatic hydroxyl groups excluding tert-OH is 1. The molecule has 0 saturated heterocycles. The molecule has 0 radical (unpaired) electrons. The summed E-state index contributed by atoms with van der Waals surface area (Å²) in [6.45, 7) is 0.372. The first kappa shape index (κ1) is 25.0. The summed E-state index contributed by atoms with van der Waals surface area (Å²) >= 11 is 0. The van der Waals surface area contributed by atoms with Crippen LogP contribution >= 0.6 is 0 Å². The summed E-state index contributed by atoms with van der Waals surface area (Å²) < 4.78 is 41.9. The maximum Gasteiger partial charge on any atom is 0.331 e. The first-order chi connectivity index (χ1) is 17.8. The van der Waals surface area contributed by atoms with E-state index in [4.69, 9.17) is 0 Å². The molecule has 192 valence electrons. The zero-order chi connectivity index (χ0) is 26.1. The van der Waals surface area contributed by atoms with Crippen molar-refractivity contribution >= 4 is 10.9 Å². The van der Waals surface area contributed by atoms with Crippen molar-refractivity contribution in [3.05, 3.63) is 105 Å². The van der Waals surface area contributed by atoms with Crippen LogP contribution in [0.15, 0.2) is 76.3 Å². The van der Waals surface area contributed by atoms with Crippen molar-refractivity contribution in [1.29, 1.82) is 0 Å². The normalized spacial score (nSPS) is 14.7. The third-order valence-electron chi connectivity index (χ3n) is 6.79. The minimum Gasteiger partial charge on any atom is -0.390 e. The number of hydrogen-bond acceptors (Lipinski definition) is 4. The van der Waals surface area contributed by atoms with Gasteiger partial charge in [-0.05, 0) is 52.9 Å². The summed E-state index contributed by atoms with van der Waals surface area (Å²) in [6.07, 6.45) is -3.05. The quantitative estimate of drug-likeness (QED) is 0.413. The standard InChI is InChI=1S/C28H26F3N3O3/c29-22-8-5-19(6-9-22)20-7-10-25-24(13-20)27(36)34(28(37)33(25)17-26(30)31)16-23(35)15-32-12-11-18-3-1-2-4-21(18)14-32/h1-10,13,23,26,35H,11-12,14-17H2. The van der Waals surface area contributed by atoms with Gasteiger partial charge in [-0.2, -0.15) is 0 Å². The number of β-amino-alcohol motifs (C(OH)–C–C–N with tert-alkyl or cyclic N) is 1. The number of nitrogens with zero attached hydrogens (tertiary/aromatic N) is 3. The number of rotatable bonds is 7. The molecule has 37 heavy (non-hydrogen) atoms. The highest BCUT2D eigenvalue weighted by molar-refractivity contribution is 5.84. The lowest BCUT2D eigenvalue weighted by molar-refractivity contribution is 0.0887. The minimum absolute atomic E-state index is 0.0705. The topological polar surface area (TPSA) is 67.5 Å². The molecule has 1 N–H and O–H groups in total. The van der Waals surface area contributed by atoms with E-state index in [2.05, 4.69) is 6.07 Å². The molecule has 4 aromatic rings. The van der Waals surface area contributed by atoms with Gasteiger partial charge in [-0.25, -0.2) is 18.0 Å². The average molecular weight is 510 g/mol. The fourth-order valence-electron chi connectivity index (χ4n) is 5.00. The van der Waals surface area contributed by atoms with Gasteiger partial charge in [0.25, 0.3) is 12.0 Å². The van der Waals surface area contributed by atoms with Crippen molar-refractivity contribution in [3.63, 3.8) is 0 Å². The van der Waals surface area contributed by atoms with Gasteiger partial charge < -0.3 is 5.11 Å². The van der Waals surface area contributed by atoms with E-state index in [9.17, 15) is 27.9 Å². The first-order valence-electron chi connectivity index (χ1n) is 12.1. The maximum absolute atomic E-state index is 13.4. The minimum atomic E-state index is -2.82. The smallest absolute Gasteiger partial charge is 0.331 e. The molecule has 2 heterocycles. The number of aromatic nitrogens is 2. The lowest BCUT2D eigenvalue weighted by atomic mass is 10.00. The van der Waals surface area contributed by atoms with Gasteiger partial charge in [0.15, 0.2) is 0 Å². The van der Waals surface area contributed by atoms with Gasteiger partial charge in [0.05, 0.1) is 30.1 Å². The summed E-state index contributed by atoms with van der Waals surface area (Å²) in [4.78, 5) is 28.6. The summed E-state index contributed by atoms with van der Waals surface area (Å²) in [5.41, 5.74) is 2.15. The third-order valence-corrected chi connectivity index (χ3v) is 6.79. The van der Waals surface area contributed by atoms with Crippen LogP contribution in [0.4, 0.5) is 13.2 Å². The van der Waals surface area contributed by atoms with Crippen molar-refractivity contribution in [2.24, 2.45) is 0 Å². The number of aliphatic hydroxyl groups is 1. The molecule has 0 fully saturated rings. The molecule has 1 aromatic heterocycles. The van der Waals surface area contributed by atoms with Crippen LogP contribution in [0.2, 0.25) is 0 Å². The predicted molar refractivity (Wildman–Crippen MR) is 135 cm³/mol. The third kappa shape index (κ3) is 5.23. The zero-order valence-corrected chi connectivity index (χ0v) is 20.0. The van der Waals surface area contributed by atoms with Crippen LogP contribution in [0.3, 0.4) is 0 Å².